The summed E-state index contributed by atoms with van der Waals surface area (Å²) < 4.78 is 5.42. The molecule has 0 fully saturated rings. The number of benzene rings is 3. The van der Waals surface area contributed by atoms with Crippen molar-refractivity contribution in [1.29, 1.82) is 0 Å². The highest BCUT2D eigenvalue weighted by atomic mass is 32.1. The van der Waals surface area contributed by atoms with Crippen molar-refractivity contribution in [2.24, 2.45) is 0 Å². The molecule has 0 unspecified atom stereocenters. The van der Waals surface area contributed by atoms with Gasteiger partial charge in [-0.05, 0) is 77.2 Å². The SMILES string of the molecule is COc1cccc(-c2cc(-c3ccccc3)c3c(N)c(C(=O)Nc4ccc(C(=O)/C=C/c5cccs5)cc4)sc3n2)c1. The van der Waals surface area contributed by atoms with Gasteiger partial charge in [-0.3, -0.25) is 9.59 Å². The van der Waals surface area contributed by atoms with Crippen LogP contribution < -0.4 is 15.8 Å². The standard InChI is InChI=1S/C34H25N3O3S2/c1-40-25-10-5-9-23(19-25)28-20-27(21-7-3-2-4-8-21)30-31(35)32(42-34(30)37-28)33(39)36-24-14-12-22(13-15-24)29(38)17-16-26-11-6-18-41-26/h2-20H,35H2,1H3,(H,36,39)/b17-16+. The van der Waals surface area contributed by atoms with Crippen LogP contribution in [0.3, 0.4) is 0 Å². The Bertz CT molecular complexity index is 1930. The molecule has 0 aliphatic rings. The number of amides is 1. The van der Waals surface area contributed by atoms with Crippen LogP contribution in [0.15, 0.2) is 109 Å². The summed E-state index contributed by atoms with van der Waals surface area (Å²) in [5.74, 6) is 0.281. The number of ketones is 1. The van der Waals surface area contributed by atoms with E-state index in [-0.39, 0.29) is 11.7 Å². The molecule has 42 heavy (non-hydrogen) atoms. The van der Waals surface area contributed by atoms with Crippen molar-refractivity contribution in [3.8, 4) is 28.1 Å². The Labute approximate surface area is 250 Å². The normalized spacial score (nSPS) is 11.2. The lowest BCUT2D eigenvalue weighted by molar-refractivity contribution is 0.102. The number of nitrogens with two attached hydrogens (primary N) is 1. The second-order valence-corrected chi connectivity index (χ2v) is 11.4. The summed E-state index contributed by atoms with van der Waals surface area (Å²) in [4.78, 5) is 32.9. The fourth-order valence-corrected chi connectivity index (χ4v) is 6.24. The molecule has 8 heteroatoms. The number of carbonyl (C=O) groups excluding carboxylic acids is 2. The van der Waals surface area contributed by atoms with Gasteiger partial charge in [0.25, 0.3) is 5.91 Å². The second kappa shape index (κ2) is 11.8. The van der Waals surface area contributed by atoms with Crippen molar-refractivity contribution >= 4 is 62.0 Å². The number of hydrogen-bond donors (Lipinski definition) is 2. The number of ether oxygens (including phenoxy) is 1. The molecule has 0 bridgehead atoms. The molecule has 6 rings (SSSR count). The van der Waals surface area contributed by atoms with Gasteiger partial charge in [0, 0.05) is 27.1 Å². The smallest absolute Gasteiger partial charge is 0.267 e. The molecule has 0 atom stereocenters. The number of fused-ring (bicyclic) bond motifs is 1. The van der Waals surface area contributed by atoms with Crippen LogP contribution in [0.25, 0.3) is 38.7 Å². The highest BCUT2D eigenvalue weighted by Gasteiger charge is 2.22. The number of thiophene rings is 2. The first-order chi connectivity index (χ1) is 20.5. The number of pyridine rings is 1. The number of allylic oxidation sites excluding steroid dienone is 1. The number of nitrogens with one attached hydrogen (secondary N) is 1. The van der Waals surface area contributed by atoms with Gasteiger partial charge in [0.1, 0.15) is 15.5 Å². The molecule has 0 radical (unpaired) electrons. The highest BCUT2D eigenvalue weighted by molar-refractivity contribution is 7.21. The summed E-state index contributed by atoms with van der Waals surface area (Å²) in [5, 5.41) is 5.62. The van der Waals surface area contributed by atoms with E-state index < -0.39 is 0 Å². The van der Waals surface area contributed by atoms with Crippen LogP contribution in [0.4, 0.5) is 11.4 Å². The molecule has 0 saturated carbocycles. The fraction of sp³-hybridized carbons (Fsp3) is 0.0294. The van der Waals surface area contributed by atoms with Crippen LogP contribution in [0.5, 0.6) is 5.75 Å². The molecule has 206 valence electrons. The van der Waals surface area contributed by atoms with Gasteiger partial charge in [0.2, 0.25) is 0 Å². The zero-order chi connectivity index (χ0) is 29.1. The van der Waals surface area contributed by atoms with Gasteiger partial charge < -0.3 is 15.8 Å². The quantitative estimate of drug-likeness (QED) is 0.138. The van der Waals surface area contributed by atoms with Crippen LogP contribution >= 0.6 is 22.7 Å². The minimum atomic E-state index is -0.339. The van der Waals surface area contributed by atoms with Gasteiger partial charge in [-0.2, -0.15) is 0 Å². The molecule has 0 saturated heterocycles. The zero-order valence-corrected chi connectivity index (χ0v) is 24.2. The largest absolute Gasteiger partial charge is 0.497 e. The van der Waals surface area contributed by atoms with Crippen molar-refractivity contribution in [3.05, 3.63) is 124 Å². The summed E-state index contributed by atoms with van der Waals surface area (Å²) >= 11 is 2.82. The molecule has 6 nitrogen and oxygen atoms in total. The Kier molecular flexibility index (Phi) is 7.64. The summed E-state index contributed by atoms with van der Waals surface area (Å²) in [6.07, 6.45) is 3.35. The lowest BCUT2D eigenvalue weighted by atomic mass is 9.99. The number of nitrogens with zero attached hydrogens (tertiary/aromatic N) is 1. The van der Waals surface area contributed by atoms with E-state index in [1.165, 1.54) is 11.3 Å². The maximum Gasteiger partial charge on any atom is 0.267 e. The first kappa shape index (κ1) is 27.1. The molecule has 0 aliphatic carbocycles. The van der Waals surface area contributed by atoms with Crippen LogP contribution in [0.2, 0.25) is 0 Å². The number of hydrogen-bond acceptors (Lipinski definition) is 7. The average molecular weight is 588 g/mol. The first-order valence-electron chi connectivity index (χ1n) is 13.1. The molecule has 0 spiro atoms. The van der Waals surface area contributed by atoms with Crippen LogP contribution in [0, 0.1) is 0 Å². The summed E-state index contributed by atoms with van der Waals surface area (Å²) in [7, 11) is 1.63. The van der Waals surface area contributed by atoms with Crippen molar-refractivity contribution in [3.63, 3.8) is 0 Å². The third-order valence-corrected chi connectivity index (χ3v) is 8.66. The molecule has 3 heterocycles. The molecule has 3 aromatic heterocycles. The number of methoxy groups -OCH3 is 1. The van der Waals surface area contributed by atoms with E-state index in [1.807, 2.05) is 78.2 Å². The van der Waals surface area contributed by atoms with E-state index in [0.29, 0.717) is 26.6 Å². The van der Waals surface area contributed by atoms with Crippen LogP contribution in [-0.2, 0) is 0 Å². The lowest BCUT2D eigenvalue weighted by Gasteiger charge is -2.10. The zero-order valence-electron chi connectivity index (χ0n) is 22.5. The Morgan fingerprint density at radius 3 is 2.43 bits per heavy atom. The molecular formula is C34H25N3O3S2. The number of nitrogen functional groups attached to an aromatic ring is 1. The Morgan fingerprint density at radius 2 is 1.69 bits per heavy atom. The van der Waals surface area contributed by atoms with Crippen molar-refractivity contribution in [2.45, 2.75) is 0 Å². The Balaban J connectivity index is 1.32. The lowest BCUT2D eigenvalue weighted by Crippen LogP contribution is -2.12. The van der Waals surface area contributed by atoms with Gasteiger partial charge in [0.15, 0.2) is 5.78 Å². The first-order valence-corrected chi connectivity index (χ1v) is 14.8. The maximum absolute atomic E-state index is 13.4. The summed E-state index contributed by atoms with van der Waals surface area (Å²) in [6.45, 7) is 0. The summed E-state index contributed by atoms with van der Waals surface area (Å²) in [6, 6.07) is 30.3. The maximum atomic E-state index is 13.4. The van der Waals surface area contributed by atoms with Crippen molar-refractivity contribution < 1.29 is 14.3 Å². The van der Waals surface area contributed by atoms with Crippen molar-refractivity contribution in [2.75, 3.05) is 18.2 Å². The van der Waals surface area contributed by atoms with Gasteiger partial charge in [-0.15, -0.1) is 22.7 Å². The third-order valence-electron chi connectivity index (χ3n) is 6.72. The summed E-state index contributed by atoms with van der Waals surface area (Å²) in [5.41, 5.74) is 11.6. The van der Waals surface area contributed by atoms with Crippen molar-refractivity contribution in [1.82, 2.24) is 4.98 Å². The molecule has 3 N–H and O–H groups in total. The predicted octanol–water partition coefficient (Wildman–Crippen LogP) is 8.43. The number of rotatable bonds is 8. The van der Waals surface area contributed by atoms with E-state index in [4.69, 9.17) is 15.5 Å². The molecular weight excluding hydrogens is 563 g/mol. The van der Waals surface area contributed by atoms with E-state index in [1.54, 1.807) is 54.9 Å². The molecule has 1 amide bonds. The molecule has 0 aliphatic heterocycles. The van der Waals surface area contributed by atoms with Crippen LogP contribution in [-0.4, -0.2) is 23.8 Å². The highest BCUT2D eigenvalue weighted by Crippen LogP contribution is 2.41. The topological polar surface area (TPSA) is 94.3 Å². The minimum Gasteiger partial charge on any atom is -0.497 e. The predicted molar refractivity (Wildman–Crippen MR) is 174 cm³/mol. The molecule has 3 aromatic carbocycles. The van der Waals surface area contributed by atoms with E-state index in [0.717, 1.165) is 38.4 Å². The monoisotopic (exact) mass is 587 g/mol. The Hall–Kier alpha value is -5.05. The van der Waals surface area contributed by atoms with Gasteiger partial charge in [0.05, 0.1) is 18.5 Å². The van der Waals surface area contributed by atoms with E-state index in [2.05, 4.69) is 5.32 Å². The van der Waals surface area contributed by atoms with Gasteiger partial charge in [-0.1, -0.05) is 48.5 Å². The van der Waals surface area contributed by atoms with Gasteiger partial charge in [-0.25, -0.2) is 4.98 Å². The average Bonchev–Trinajstić information content (AvgIpc) is 3.68. The Morgan fingerprint density at radius 1 is 0.905 bits per heavy atom. The van der Waals surface area contributed by atoms with Crippen LogP contribution in [0.1, 0.15) is 24.9 Å². The number of carbonyl (C=O) groups is 2. The fourth-order valence-electron chi connectivity index (χ4n) is 4.61. The van der Waals surface area contributed by atoms with Gasteiger partial charge >= 0.3 is 0 Å². The third kappa shape index (κ3) is 5.58. The minimum absolute atomic E-state index is 0.110. The second-order valence-electron chi connectivity index (χ2n) is 9.42. The number of aromatic nitrogens is 1. The van der Waals surface area contributed by atoms with E-state index >= 15 is 0 Å². The number of anilines is 2. The molecule has 6 aromatic rings. The van der Waals surface area contributed by atoms with E-state index in [9.17, 15) is 9.59 Å².